The topological polar surface area (TPSA) is 98.3 Å². The molecule has 0 saturated carbocycles. The van der Waals surface area contributed by atoms with Crippen molar-refractivity contribution < 1.29 is 9.72 Å². The summed E-state index contributed by atoms with van der Waals surface area (Å²) in [4.78, 5) is 21.6. The van der Waals surface area contributed by atoms with Crippen LogP contribution in [0.1, 0.15) is 32.3 Å². The van der Waals surface area contributed by atoms with Crippen molar-refractivity contribution in [1.82, 2.24) is 5.32 Å². The van der Waals surface area contributed by atoms with Crippen LogP contribution in [-0.4, -0.2) is 16.4 Å². The minimum atomic E-state index is -0.453. The van der Waals surface area contributed by atoms with Crippen molar-refractivity contribution in [2.75, 3.05) is 0 Å². The number of nitrogens with one attached hydrogen (secondary N) is 1. The van der Waals surface area contributed by atoms with E-state index in [-0.39, 0.29) is 17.1 Å². The SMILES string of the molecule is CC(C)(N)CCC(=O)NCc1ccc([N+](=O)[O-])cc1. The summed E-state index contributed by atoms with van der Waals surface area (Å²) in [6, 6.07) is 6.10. The van der Waals surface area contributed by atoms with Crippen LogP contribution in [0.2, 0.25) is 0 Å². The molecule has 3 N–H and O–H groups in total. The Labute approximate surface area is 112 Å². The second-order valence-electron chi connectivity index (χ2n) is 5.19. The Hall–Kier alpha value is -1.95. The zero-order valence-electron chi connectivity index (χ0n) is 11.2. The molecule has 104 valence electrons. The predicted octanol–water partition coefficient (Wildman–Crippen LogP) is 1.73. The Bertz CT molecular complexity index is 449. The molecule has 0 aliphatic rings. The van der Waals surface area contributed by atoms with Crippen molar-refractivity contribution in [3.05, 3.63) is 39.9 Å². The van der Waals surface area contributed by atoms with Crippen LogP contribution in [0.15, 0.2) is 24.3 Å². The third-order valence-corrected chi connectivity index (χ3v) is 2.63. The van der Waals surface area contributed by atoms with Crippen molar-refractivity contribution in [2.24, 2.45) is 5.73 Å². The van der Waals surface area contributed by atoms with Gasteiger partial charge in [0.25, 0.3) is 5.69 Å². The molecule has 6 heteroatoms. The first-order valence-electron chi connectivity index (χ1n) is 6.07. The van der Waals surface area contributed by atoms with E-state index in [1.54, 1.807) is 12.1 Å². The van der Waals surface area contributed by atoms with Crippen LogP contribution in [0, 0.1) is 10.1 Å². The maximum atomic E-state index is 11.6. The molecular weight excluding hydrogens is 246 g/mol. The maximum Gasteiger partial charge on any atom is 0.269 e. The lowest BCUT2D eigenvalue weighted by atomic mass is 10.00. The average molecular weight is 265 g/mol. The smallest absolute Gasteiger partial charge is 0.269 e. The summed E-state index contributed by atoms with van der Waals surface area (Å²) in [6.45, 7) is 4.11. The number of nitrogens with two attached hydrogens (primary N) is 1. The fourth-order valence-corrected chi connectivity index (χ4v) is 1.46. The number of nitro benzene ring substituents is 1. The number of hydrogen-bond acceptors (Lipinski definition) is 4. The predicted molar refractivity (Wildman–Crippen MR) is 72.4 cm³/mol. The minimum absolute atomic E-state index is 0.0416. The lowest BCUT2D eigenvalue weighted by molar-refractivity contribution is -0.384. The van der Waals surface area contributed by atoms with Gasteiger partial charge in [-0.25, -0.2) is 0 Å². The normalized spacial score (nSPS) is 11.1. The molecule has 0 atom stereocenters. The number of amides is 1. The summed E-state index contributed by atoms with van der Waals surface area (Å²) in [5.41, 5.74) is 6.30. The van der Waals surface area contributed by atoms with Gasteiger partial charge in [0, 0.05) is 30.6 Å². The van der Waals surface area contributed by atoms with Gasteiger partial charge in [-0.15, -0.1) is 0 Å². The molecule has 0 aliphatic carbocycles. The molecular formula is C13H19N3O3. The summed E-state index contributed by atoms with van der Waals surface area (Å²) in [7, 11) is 0. The zero-order valence-corrected chi connectivity index (χ0v) is 11.2. The van der Waals surface area contributed by atoms with Crippen LogP contribution in [0.4, 0.5) is 5.69 Å². The van der Waals surface area contributed by atoms with Gasteiger partial charge in [-0.2, -0.15) is 0 Å². The van der Waals surface area contributed by atoms with E-state index in [4.69, 9.17) is 5.73 Å². The van der Waals surface area contributed by atoms with Crippen molar-refractivity contribution >= 4 is 11.6 Å². The second-order valence-corrected chi connectivity index (χ2v) is 5.19. The van der Waals surface area contributed by atoms with Gasteiger partial charge in [-0.1, -0.05) is 12.1 Å². The lowest BCUT2D eigenvalue weighted by Gasteiger charge is -2.17. The average Bonchev–Trinajstić information content (AvgIpc) is 2.33. The number of hydrogen-bond donors (Lipinski definition) is 2. The molecule has 1 rings (SSSR count). The first-order chi connectivity index (χ1) is 8.78. The summed E-state index contributed by atoms with van der Waals surface area (Å²) in [5.74, 6) is -0.0723. The summed E-state index contributed by atoms with van der Waals surface area (Å²) >= 11 is 0. The number of benzene rings is 1. The summed E-state index contributed by atoms with van der Waals surface area (Å²) in [6.07, 6.45) is 0.982. The third-order valence-electron chi connectivity index (χ3n) is 2.63. The van der Waals surface area contributed by atoms with Crippen LogP contribution in [-0.2, 0) is 11.3 Å². The van der Waals surface area contributed by atoms with Gasteiger partial charge >= 0.3 is 0 Å². The molecule has 0 spiro atoms. The largest absolute Gasteiger partial charge is 0.352 e. The van der Waals surface area contributed by atoms with Gasteiger partial charge in [0.15, 0.2) is 0 Å². The zero-order chi connectivity index (χ0) is 14.5. The van der Waals surface area contributed by atoms with Crippen molar-refractivity contribution in [3.8, 4) is 0 Å². The Morgan fingerprint density at radius 3 is 2.42 bits per heavy atom. The highest BCUT2D eigenvalue weighted by Gasteiger charge is 2.13. The molecule has 19 heavy (non-hydrogen) atoms. The lowest BCUT2D eigenvalue weighted by Crippen LogP contribution is -2.34. The number of nitrogens with zero attached hydrogens (tertiary/aromatic N) is 1. The quantitative estimate of drug-likeness (QED) is 0.604. The summed E-state index contributed by atoms with van der Waals surface area (Å²) < 4.78 is 0. The molecule has 0 heterocycles. The van der Waals surface area contributed by atoms with E-state index in [0.29, 0.717) is 19.4 Å². The molecule has 0 radical (unpaired) electrons. The van der Waals surface area contributed by atoms with Gasteiger partial charge in [0.1, 0.15) is 0 Å². The molecule has 1 aromatic carbocycles. The molecule has 0 fully saturated rings. The van der Waals surface area contributed by atoms with E-state index in [9.17, 15) is 14.9 Å². The molecule has 1 aromatic rings. The molecule has 6 nitrogen and oxygen atoms in total. The summed E-state index contributed by atoms with van der Waals surface area (Å²) in [5, 5.41) is 13.2. The van der Waals surface area contributed by atoms with Gasteiger partial charge < -0.3 is 11.1 Å². The Balaban J connectivity index is 2.40. The number of rotatable bonds is 6. The monoisotopic (exact) mass is 265 g/mol. The van der Waals surface area contributed by atoms with E-state index in [1.807, 2.05) is 13.8 Å². The second kappa shape index (κ2) is 6.29. The van der Waals surface area contributed by atoms with E-state index >= 15 is 0 Å². The van der Waals surface area contributed by atoms with Crippen LogP contribution < -0.4 is 11.1 Å². The van der Waals surface area contributed by atoms with Crippen LogP contribution in [0.25, 0.3) is 0 Å². The fraction of sp³-hybridized carbons (Fsp3) is 0.462. The van der Waals surface area contributed by atoms with E-state index in [2.05, 4.69) is 5.32 Å². The fourth-order valence-electron chi connectivity index (χ4n) is 1.46. The molecule has 0 unspecified atom stereocenters. The highest BCUT2D eigenvalue weighted by molar-refractivity contribution is 5.75. The maximum absolute atomic E-state index is 11.6. The Morgan fingerprint density at radius 1 is 1.37 bits per heavy atom. The standard InChI is InChI=1S/C13H19N3O3/c1-13(2,14)8-7-12(17)15-9-10-3-5-11(6-4-10)16(18)19/h3-6H,7-9,14H2,1-2H3,(H,15,17). The molecule has 0 aromatic heterocycles. The van der Waals surface area contributed by atoms with E-state index < -0.39 is 4.92 Å². The first-order valence-corrected chi connectivity index (χ1v) is 6.07. The highest BCUT2D eigenvalue weighted by Crippen LogP contribution is 2.12. The van der Waals surface area contributed by atoms with Crippen molar-refractivity contribution in [2.45, 2.75) is 38.8 Å². The molecule has 0 aliphatic heterocycles. The van der Waals surface area contributed by atoms with Crippen molar-refractivity contribution in [3.63, 3.8) is 0 Å². The van der Waals surface area contributed by atoms with Gasteiger partial charge in [0.2, 0.25) is 5.91 Å². The highest BCUT2D eigenvalue weighted by atomic mass is 16.6. The molecule has 0 bridgehead atoms. The van der Waals surface area contributed by atoms with Crippen LogP contribution >= 0.6 is 0 Å². The van der Waals surface area contributed by atoms with Crippen molar-refractivity contribution in [1.29, 1.82) is 0 Å². The number of carbonyl (C=O) groups excluding carboxylic acids is 1. The first kappa shape index (κ1) is 15.1. The van der Waals surface area contributed by atoms with Crippen LogP contribution in [0.3, 0.4) is 0 Å². The minimum Gasteiger partial charge on any atom is -0.352 e. The molecule has 1 amide bonds. The van der Waals surface area contributed by atoms with E-state index in [0.717, 1.165) is 5.56 Å². The van der Waals surface area contributed by atoms with Gasteiger partial charge in [0.05, 0.1) is 4.92 Å². The van der Waals surface area contributed by atoms with Gasteiger partial charge in [-0.3, -0.25) is 14.9 Å². The third kappa shape index (κ3) is 5.96. The Kier molecular flexibility index (Phi) is 5.00. The number of carbonyl (C=O) groups is 1. The Morgan fingerprint density at radius 2 is 1.95 bits per heavy atom. The van der Waals surface area contributed by atoms with E-state index in [1.165, 1.54) is 12.1 Å². The number of nitro groups is 1. The van der Waals surface area contributed by atoms with Gasteiger partial charge in [-0.05, 0) is 25.8 Å². The number of non-ortho nitro benzene ring substituents is 1. The van der Waals surface area contributed by atoms with Crippen LogP contribution in [0.5, 0.6) is 0 Å². The molecule has 0 saturated heterocycles.